The molecule has 0 spiro atoms. The molecular formula is C21H26O2. The van der Waals surface area contributed by atoms with Gasteiger partial charge in [0.2, 0.25) is 0 Å². The van der Waals surface area contributed by atoms with Crippen molar-refractivity contribution in [2.45, 2.75) is 34.6 Å². The molecule has 0 saturated carbocycles. The Morgan fingerprint density at radius 3 is 1.57 bits per heavy atom. The summed E-state index contributed by atoms with van der Waals surface area (Å²) in [5.74, 6) is 1.85. The van der Waals surface area contributed by atoms with Crippen molar-refractivity contribution in [2.24, 2.45) is 0 Å². The lowest BCUT2D eigenvalue weighted by Gasteiger charge is -2.16. The van der Waals surface area contributed by atoms with E-state index in [1.807, 2.05) is 26.0 Å². The van der Waals surface area contributed by atoms with Gasteiger partial charge in [-0.25, -0.2) is 0 Å². The fraction of sp³-hybridized carbons (Fsp3) is 0.333. The number of aryl methyl sites for hydroxylation is 2. The van der Waals surface area contributed by atoms with Crippen LogP contribution in [0.2, 0.25) is 0 Å². The molecule has 2 aromatic rings. The average Bonchev–Trinajstić information content (AvgIpc) is 2.52. The predicted molar refractivity (Wildman–Crippen MR) is 97.4 cm³/mol. The second-order valence-electron chi connectivity index (χ2n) is 5.52. The topological polar surface area (TPSA) is 18.5 Å². The maximum atomic E-state index is 5.59. The first-order chi connectivity index (χ1) is 11.1. The zero-order valence-corrected chi connectivity index (χ0v) is 14.8. The first-order valence-electron chi connectivity index (χ1n) is 8.24. The number of benzene rings is 2. The quantitative estimate of drug-likeness (QED) is 0.696. The van der Waals surface area contributed by atoms with Gasteiger partial charge in [0.25, 0.3) is 0 Å². The molecule has 122 valence electrons. The van der Waals surface area contributed by atoms with E-state index in [0.717, 1.165) is 11.5 Å². The summed E-state index contributed by atoms with van der Waals surface area (Å²) in [7, 11) is 0. The van der Waals surface area contributed by atoms with E-state index < -0.39 is 0 Å². The Kier molecular flexibility index (Phi) is 5.86. The van der Waals surface area contributed by atoms with Gasteiger partial charge in [-0.3, -0.25) is 0 Å². The molecule has 2 nitrogen and oxygen atoms in total. The highest BCUT2D eigenvalue weighted by Crippen LogP contribution is 2.32. The summed E-state index contributed by atoms with van der Waals surface area (Å²) in [6.45, 7) is 11.7. The van der Waals surface area contributed by atoms with Crippen molar-refractivity contribution in [3.63, 3.8) is 0 Å². The molecule has 0 radical (unpaired) electrons. The van der Waals surface area contributed by atoms with E-state index in [1.165, 1.54) is 27.8 Å². The molecule has 0 amide bonds. The van der Waals surface area contributed by atoms with Crippen LogP contribution in [0.5, 0.6) is 11.5 Å². The van der Waals surface area contributed by atoms with Gasteiger partial charge in [0.1, 0.15) is 11.5 Å². The number of rotatable bonds is 6. The van der Waals surface area contributed by atoms with Crippen molar-refractivity contribution in [3.8, 4) is 11.5 Å². The van der Waals surface area contributed by atoms with Crippen molar-refractivity contribution < 1.29 is 9.47 Å². The lowest BCUT2D eigenvalue weighted by atomic mass is 9.91. The largest absolute Gasteiger partial charge is 0.494 e. The highest BCUT2D eigenvalue weighted by atomic mass is 16.5. The zero-order chi connectivity index (χ0) is 16.8. The van der Waals surface area contributed by atoms with E-state index in [1.54, 1.807) is 0 Å². The second-order valence-corrected chi connectivity index (χ2v) is 5.52. The Morgan fingerprint density at radius 1 is 0.826 bits per heavy atom. The van der Waals surface area contributed by atoms with E-state index in [0.29, 0.717) is 13.2 Å². The van der Waals surface area contributed by atoms with Crippen LogP contribution in [0.25, 0.3) is 5.57 Å². The fourth-order valence-corrected chi connectivity index (χ4v) is 2.85. The summed E-state index contributed by atoms with van der Waals surface area (Å²) in [6, 6.07) is 12.6. The van der Waals surface area contributed by atoms with Gasteiger partial charge in [0.05, 0.1) is 13.2 Å². The van der Waals surface area contributed by atoms with Crippen molar-refractivity contribution in [2.75, 3.05) is 13.2 Å². The molecule has 2 rings (SSSR count). The summed E-state index contributed by atoms with van der Waals surface area (Å²) in [4.78, 5) is 0. The van der Waals surface area contributed by atoms with Crippen molar-refractivity contribution in [1.82, 2.24) is 0 Å². The molecule has 2 heteroatoms. The molecule has 0 atom stereocenters. The van der Waals surface area contributed by atoms with Gasteiger partial charge in [0, 0.05) is 0 Å². The Morgan fingerprint density at radius 2 is 1.26 bits per heavy atom. The third-order valence-corrected chi connectivity index (χ3v) is 3.89. The van der Waals surface area contributed by atoms with Crippen LogP contribution in [0.3, 0.4) is 0 Å². The molecule has 0 saturated heterocycles. The van der Waals surface area contributed by atoms with Crippen LogP contribution in [-0.2, 0) is 0 Å². The monoisotopic (exact) mass is 310 g/mol. The third-order valence-electron chi connectivity index (χ3n) is 3.89. The molecule has 0 N–H and O–H groups in total. The number of ether oxygens (including phenoxy) is 2. The van der Waals surface area contributed by atoms with E-state index in [9.17, 15) is 0 Å². The molecule has 0 unspecified atom stereocenters. The summed E-state index contributed by atoms with van der Waals surface area (Å²) in [6.07, 6.45) is 2.17. The number of allylic oxidation sites excluding steroid dienone is 1. The molecule has 0 bridgehead atoms. The molecule has 2 aromatic carbocycles. The molecule has 23 heavy (non-hydrogen) atoms. The SMILES string of the molecule is CC=C(c1ccc(OCC)cc1C)c1ccc(OCC)cc1C. The second kappa shape index (κ2) is 7.87. The summed E-state index contributed by atoms with van der Waals surface area (Å²) in [5.41, 5.74) is 6.16. The van der Waals surface area contributed by atoms with Crippen LogP contribution in [0, 0.1) is 13.8 Å². The molecule has 0 aliphatic carbocycles. The maximum absolute atomic E-state index is 5.59. The molecular weight excluding hydrogens is 284 g/mol. The molecule has 0 aliphatic rings. The third kappa shape index (κ3) is 3.95. The standard InChI is InChI=1S/C21H26O2/c1-6-19(20-11-9-17(22-7-2)13-15(20)4)21-12-10-18(23-8-3)14-16(21)5/h6,9-14H,7-8H2,1-5H3. The van der Waals surface area contributed by atoms with Gasteiger partial charge in [-0.2, -0.15) is 0 Å². The van der Waals surface area contributed by atoms with Gasteiger partial charge in [-0.05, 0) is 86.7 Å². The van der Waals surface area contributed by atoms with Crippen LogP contribution < -0.4 is 9.47 Å². The highest BCUT2D eigenvalue weighted by molar-refractivity contribution is 5.83. The Labute approximate surface area is 139 Å². The summed E-state index contributed by atoms with van der Waals surface area (Å²) in [5, 5.41) is 0. The maximum Gasteiger partial charge on any atom is 0.119 e. The minimum atomic E-state index is 0.688. The molecule has 0 heterocycles. The summed E-state index contributed by atoms with van der Waals surface area (Å²) < 4.78 is 11.2. The minimum Gasteiger partial charge on any atom is -0.494 e. The first-order valence-corrected chi connectivity index (χ1v) is 8.24. The normalized spacial score (nSPS) is 10.3. The van der Waals surface area contributed by atoms with Gasteiger partial charge >= 0.3 is 0 Å². The number of hydrogen-bond acceptors (Lipinski definition) is 2. The Hall–Kier alpha value is -2.22. The lowest BCUT2D eigenvalue weighted by molar-refractivity contribution is 0.340. The van der Waals surface area contributed by atoms with Gasteiger partial charge < -0.3 is 9.47 Å². The molecule has 0 fully saturated rings. The fourth-order valence-electron chi connectivity index (χ4n) is 2.85. The van der Waals surface area contributed by atoms with Crippen LogP contribution in [0.4, 0.5) is 0 Å². The zero-order valence-electron chi connectivity index (χ0n) is 14.8. The smallest absolute Gasteiger partial charge is 0.119 e. The van der Waals surface area contributed by atoms with E-state index in [-0.39, 0.29) is 0 Å². The number of hydrogen-bond donors (Lipinski definition) is 0. The molecule has 0 aromatic heterocycles. The van der Waals surface area contributed by atoms with Gasteiger partial charge in [-0.1, -0.05) is 18.2 Å². The van der Waals surface area contributed by atoms with Gasteiger partial charge in [-0.15, -0.1) is 0 Å². The average molecular weight is 310 g/mol. The van der Waals surface area contributed by atoms with Crippen LogP contribution in [-0.4, -0.2) is 13.2 Å². The van der Waals surface area contributed by atoms with Crippen molar-refractivity contribution in [3.05, 3.63) is 64.7 Å². The Bertz CT molecular complexity index is 641. The minimum absolute atomic E-state index is 0.688. The van der Waals surface area contributed by atoms with Crippen LogP contribution in [0.15, 0.2) is 42.5 Å². The van der Waals surface area contributed by atoms with E-state index in [4.69, 9.17) is 9.47 Å². The Balaban J connectivity index is 2.41. The van der Waals surface area contributed by atoms with Gasteiger partial charge in [0.15, 0.2) is 0 Å². The lowest BCUT2D eigenvalue weighted by Crippen LogP contribution is -1.98. The van der Waals surface area contributed by atoms with E-state index in [2.05, 4.69) is 51.1 Å². The van der Waals surface area contributed by atoms with Crippen molar-refractivity contribution in [1.29, 1.82) is 0 Å². The van der Waals surface area contributed by atoms with E-state index >= 15 is 0 Å². The highest BCUT2D eigenvalue weighted by Gasteiger charge is 2.11. The predicted octanol–water partition coefficient (Wildman–Crippen LogP) is 5.55. The van der Waals surface area contributed by atoms with Crippen LogP contribution >= 0.6 is 0 Å². The summed E-state index contributed by atoms with van der Waals surface area (Å²) >= 11 is 0. The van der Waals surface area contributed by atoms with Crippen molar-refractivity contribution >= 4 is 5.57 Å². The van der Waals surface area contributed by atoms with Crippen LogP contribution in [0.1, 0.15) is 43.0 Å². The molecule has 0 aliphatic heterocycles. The first kappa shape index (κ1) is 17.1.